The highest BCUT2D eigenvalue weighted by Gasteiger charge is 2.10. The lowest BCUT2D eigenvalue weighted by atomic mass is 10.1. The Morgan fingerprint density at radius 3 is 2.80 bits per heavy atom. The molecule has 132 valence electrons. The molecule has 5 nitrogen and oxygen atoms in total. The van der Waals surface area contributed by atoms with Crippen LogP contribution in [-0.2, 0) is 19.5 Å². The van der Waals surface area contributed by atoms with E-state index < -0.39 is 0 Å². The molecule has 0 aliphatic heterocycles. The zero-order chi connectivity index (χ0) is 17.6. The number of aryl methyl sites for hydroxylation is 2. The van der Waals surface area contributed by atoms with Crippen LogP contribution in [0.1, 0.15) is 35.1 Å². The topological polar surface area (TPSA) is 62.5 Å². The molecular weight excluding hydrogens is 332 g/mol. The molecule has 0 spiro atoms. The zero-order valence-electron chi connectivity index (χ0n) is 14.9. The molecule has 2 heterocycles. The van der Waals surface area contributed by atoms with Crippen molar-refractivity contribution in [2.24, 2.45) is 4.99 Å². The van der Waals surface area contributed by atoms with E-state index in [2.05, 4.69) is 47.4 Å². The summed E-state index contributed by atoms with van der Waals surface area (Å²) < 4.78 is 5.94. The summed E-state index contributed by atoms with van der Waals surface area (Å²) in [5.41, 5.74) is 2.07. The molecule has 0 fully saturated rings. The van der Waals surface area contributed by atoms with Crippen LogP contribution < -0.4 is 10.6 Å². The first kappa shape index (κ1) is 17.5. The van der Waals surface area contributed by atoms with Gasteiger partial charge in [0.1, 0.15) is 22.9 Å². The molecule has 0 saturated heterocycles. The molecule has 0 atom stereocenters. The highest BCUT2D eigenvalue weighted by Crippen LogP contribution is 2.25. The van der Waals surface area contributed by atoms with E-state index in [-0.39, 0.29) is 0 Å². The van der Waals surface area contributed by atoms with Crippen LogP contribution in [0.5, 0.6) is 0 Å². The maximum absolute atomic E-state index is 5.94. The number of guanidine groups is 1. The lowest BCUT2D eigenvalue weighted by Crippen LogP contribution is -2.36. The molecule has 0 radical (unpaired) electrons. The summed E-state index contributed by atoms with van der Waals surface area (Å²) in [7, 11) is 0. The molecule has 2 N–H and O–H groups in total. The van der Waals surface area contributed by atoms with E-state index >= 15 is 0 Å². The van der Waals surface area contributed by atoms with Gasteiger partial charge in [0, 0.05) is 28.6 Å². The molecule has 3 aromatic rings. The number of hydrogen-bond acceptors (Lipinski definition) is 4. The van der Waals surface area contributed by atoms with Crippen molar-refractivity contribution in [1.29, 1.82) is 0 Å². The predicted octanol–water partition coefficient (Wildman–Crippen LogP) is 4.02. The lowest BCUT2D eigenvalue weighted by Gasteiger charge is -2.09. The van der Waals surface area contributed by atoms with E-state index in [1.807, 2.05) is 24.4 Å². The fourth-order valence-electron chi connectivity index (χ4n) is 2.62. The van der Waals surface area contributed by atoms with Gasteiger partial charge in [-0.15, -0.1) is 11.3 Å². The number of aliphatic imine (C=N–C) groups is 1. The van der Waals surface area contributed by atoms with E-state index in [1.165, 1.54) is 4.88 Å². The van der Waals surface area contributed by atoms with Gasteiger partial charge in [-0.2, -0.15) is 0 Å². The number of para-hydroxylation sites is 1. The fraction of sp³-hybridized carbons (Fsp3) is 0.368. The second-order valence-corrected chi connectivity index (χ2v) is 6.97. The zero-order valence-corrected chi connectivity index (χ0v) is 15.7. The van der Waals surface area contributed by atoms with E-state index in [0.717, 1.165) is 46.2 Å². The molecule has 0 amide bonds. The summed E-state index contributed by atoms with van der Waals surface area (Å²) >= 11 is 1.74. The maximum atomic E-state index is 5.94. The number of aromatic nitrogens is 1. The van der Waals surface area contributed by atoms with Crippen LogP contribution in [0.3, 0.4) is 0 Å². The standard InChI is InChI=1S/C19H24N4OS/c1-4-14-10-21-18(25-14)12-23-19(20-5-2)22-11-17-13(3)15-8-6-7-9-16(15)24-17/h6-10H,4-5,11-12H2,1-3H3,(H2,20,22,23). The minimum Gasteiger partial charge on any atom is -0.459 e. The number of hydrogen-bond donors (Lipinski definition) is 2. The first-order chi connectivity index (χ1) is 12.2. The summed E-state index contributed by atoms with van der Waals surface area (Å²) in [6.45, 7) is 8.28. The second kappa shape index (κ2) is 8.16. The van der Waals surface area contributed by atoms with Crippen molar-refractivity contribution < 1.29 is 4.42 Å². The van der Waals surface area contributed by atoms with Gasteiger partial charge in [-0.3, -0.25) is 0 Å². The Morgan fingerprint density at radius 2 is 2.08 bits per heavy atom. The molecule has 1 aromatic carbocycles. The number of rotatable bonds is 6. The van der Waals surface area contributed by atoms with Gasteiger partial charge in [0.05, 0.1) is 6.54 Å². The normalized spacial score (nSPS) is 11.9. The molecule has 6 heteroatoms. The molecule has 0 aliphatic carbocycles. The van der Waals surface area contributed by atoms with Gasteiger partial charge in [-0.05, 0) is 26.3 Å². The average Bonchev–Trinajstić information content (AvgIpc) is 3.22. The van der Waals surface area contributed by atoms with E-state index in [9.17, 15) is 0 Å². The average molecular weight is 356 g/mol. The third-order valence-corrected chi connectivity index (χ3v) is 5.17. The maximum Gasteiger partial charge on any atom is 0.192 e. The summed E-state index contributed by atoms with van der Waals surface area (Å²) in [6, 6.07) is 8.09. The Morgan fingerprint density at radius 1 is 1.24 bits per heavy atom. The largest absolute Gasteiger partial charge is 0.459 e. The molecule has 25 heavy (non-hydrogen) atoms. The first-order valence-electron chi connectivity index (χ1n) is 8.64. The molecule has 0 saturated carbocycles. The number of nitrogens with zero attached hydrogens (tertiary/aromatic N) is 2. The number of fused-ring (bicyclic) bond motifs is 1. The second-order valence-electron chi connectivity index (χ2n) is 5.77. The van der Waals surface area contributed by atoms with E-state index in [4.69, 9.17) is 4.42 Å². The van der Waals surface area contributed by atoms with Gasteiger partial charge < -0.3 is 15.1 Å². The van der Waals surface area contributed by atoms with Gasteiger partial charge in [-0.25, -0.2) is 9.98 Å². The number of benzene rings is 1. The van der Waals surface area contributed by atoms with Crippen molar-refractivity contribution in [1.82, 2.24) is 15.6 Å². The van der Waals surface area contributed by atoms with Crippen molar-refractivity contribution in [2.45, 2.75) is 40.3 Å². The SMILES string of the molecule is CCNC(=NCc1oc2ccccc2c1C)NCc1ncc(CC)s1. The lowest BCUT2D eigenvalue weighted by molar-refractivity contribution is 0.548. The van der Waals surface area contributed by atoms with Crippen molar-refractivity contribution in [3.8, 4) is 0 Å². The van der Waals surface area contributed by atoms with E-state index in [1.54, 1.807) is 11.3 Å². The molecule has 0 aliphatic rings. The first-order valence-corrected chi connectivity index (χ1v) is 9.45. The van der Waals surface area contributed by atoms with Crippen molar-refractivity contribution >= 4 is 28.3 Å². The summed E-state index contributed by atoms with van der Waals surface area (Å²) in [4.78, 5) is 10.4. The van der Waals surface area contributed by atoms with Crippen LogP contribution in [0.15, 0.2) is 39.9 Å². The third kappa shape index (κ3) is 4.20. The van der Waals surface area contributed by atoms with E-state index in [0.29, 0.717) is 13.1 Å². The quantitative estimate of drug-likeness (QED) is 0.517. The monoisotopic (exact) mass is 356 g/mol. The van der Waals surface area contributed by atoms with Crippen LogP contribution in [0.25, 0.3) is 11.0 Å². The molecule has 0 bridgehead atoms. The van der Waals surface area contributed by atoms with Gasteiger partial charge in [0.2, 0.25) is 0 Å². The van der Waals surface area contributed by atoms with Crippen molar-refractivity contribution in [3.63, 3.8) is 0 Å². The molecule has 3 rings (SSSR count). The van der Waals surface area contributed by atoms with Gasteiger partial charge >= 0.3 is 0 Å². The number of thiazole rings is 1. The Kier molecular flexibility index (Phi) is 5.71. The third-order valence-electron chi connectivity index (χ3n) is 4.02. The Balaban J connectivity index is 1.69. The van der Waals surface area contributed by atoms with Gasteiger partial charge in [0.25, 0.3) is 0 Å². The van der Waals surface area contributed by atoms with Gasteiger partial charge in [0.15, 0.2) is 5.96 Å². The Labute approximate surface area is 152 Å². The Bertz CT molecular complexity index is 865. The van der Waals surface area contributed by atoms with Crippen LogP contribution in [0, 0.1) is 6.92 Å². The fourth-order valence-corrected chi connectivity index (χ4v) is 3.42. The molecule has 2 aromatic heterocycles. The van der Waals surface area contributed by atoms with Crippen LogP contribution in [0.2, 0.25) is 0 Å². The highest BCUT2D eigenvalue weighted by molar-refractivity contribution is 7.11. The summed E-state index contributed by atoms with van der Waals surface area (Å²) in [6.07, 6.45) is 2.97. The molecular formula is C19H24N4OS. The predicted molar refractivity (Wildman–Crippen MR) is 104 cm³/mol. The van der Waals surface area contributed by atoms with Crippen molar-refractivity contribution in [3.05, 3.63) is 51.7 Å². The van der Waals surface area contributed by atoms with Crippen LogP contribution >= 0.6 is 11.3 Å². The van der Waals surface area contributed by atoms with Crippen LogP contribution in [-0.4, -0.2) is 17.5 Å². The summed E-state index contributed by atoms with van der Waals surface area (Å²) in [5.74, 6) is 1.68. The molecule has 0 unspecified atom stereocenters. The minimum absolute atomic E-state index is 0.508. The van der Waals surface area contributed by atoms with Crippen molar-refractivity contribution in [2.75, 3.05) is 6.54 Å². The minimum atomic E-state index is 0.508. The van der Waals surface area contributed by atoms with Gasteiger partial charge in [-0.1, -0.05) is 25.1 Å². The smallest absolute Gasteiger partial charge is 0.192 e. The number of furan rings is 1. The Hall–Kier alpha value is -2.34. The van der Waals surface area contributed by atoms with Crippen LogP contribution in [0.4, 0.5) is 0 Å². The highest BCUT2D eigenvalue weighted by atomic mass is 32.1. The summed E-state index contributed by atoms with van der Waals surface area (Å²) in [5, 5.41) is 8.84. The number of nitrogens with one attached hydrogen (secondary N) is 2.